The van der Waals surface area contributed by atoms with Crippen molar-refractivity contribution < 1.29 is 13.9 Å². The second-order valence-electron chi connectivity index (χ2n) is 9.97. The van der Waals surface area contributed by atoms with Crippen molar-refractivity contribution in [3.05, 3.63) is 65.0 Å². The quantitative estimate of drug-likeness (QED) is 0.247. The number of unbranched alkanes of at least 4 members (excludes halogenated alkanes) is 2. The molecule has 174 valence electrons. The molecule has 33 heavy (non-hydrogen) atoms. The normalized spacial score (nSPS) is 24.5. The molecular formula is C29H34FNO2. The molecule has 2 aromatic rings. The van der Waals surface area contributed by atoms with Gasteiger partial charge in [0.1, 0.15) is 11.6 Å². The summed E-state index contributed by atoms with van der Waals surface area (Å²) in [6.07, 6.45) is 12.7. The van der Waals surface area contributed by atoms with Crippen molar-refractivity contribution in [2.24, 2.45) is 17.8 Å². The highest BCUT2D eigenvalue weighted by atomic mass is 19.1. The van der Waals surface area contributed by atoms with Gasteiger partial charge in [-0.1, -0.05) is 45.1 Å². The van der Waals surface area contributed by atoms with E-state index in [9.17, 15) is 4.79 Å². The highest BCUT2D eigenvalue weighted by molar-refractivity contribution is 5.91. The Morgan fingerprint density at radius 3 is 2.52 bits per heavy atom. The van der Waals surface area contributed by atoms with E-state index >= 15 is 4.39 Å². The summed E-state index contributed by atoms with van der Waals surface area (Å²) in [6, 6.07) is 13.1. The van der Waals surface area contributed by atoms with Gasteiger partial charge in [-0.15, -0.1) is 0 Å². The van der Waals surface area contributed by atoms with Crippen molar-refractivity contribution >= 4 is 5.97 Å². The highest BCUT2D eigenvalue weighted by Gasteiger charge is 2.36. The SMILES string of the molecule is CCCCC[C@H]1CC[C@@H]2CC(c3ccc(C(=O)Oc4ccc(C#N)cc4)cc3F)CC[C@H]2C1. The number of halogens is 1. The fourth-order valence-electron chi connectivity index (χ4n) is 5.96. The van der Waals surface area contributed by atoms with Gasteiger partial charge in [0, 0.05) is 0 Å². The Kier molecular flexibility index (Phi) is 7.81. The lowest BCUT2D eigenvalue weighted by atomic mass is 9.63. The first-order valence-electron chi connectivity index (χ1n) is 12.6. The molecule has 0 amide bonds. The molecular weight excluding hydrogens is 413 g/mol. The van der Waals surface area contributed by atoms with Crippen molar-refractivity contribution in [2.45, 2.75) is 77.0 Å². The molecule has 2 aliphatic rings. The van der Waals surface area contributed by atoms with E-state index < -0.39 is 5.97 Å². The minimum Gasteiger partial charge on any atom is -0.423 e. The van der Waals surface area contributed by atoms with Gasteiger partial charge in [0.2, 0.25) is 0 Å². The summed E-state index contributed by atoms with van der Waals surface area (Å²) in [6.45, 7) is 2.27. The van der Waals surface area contributed by atoms with Crippen molar-refractivity contribution in [1.29, 1.82) is 5.26 Å². The molecule has 2 fully saturated rings. The molecule has 0 spiro atoms. The number of hydrogen-bond donors (Lipinski definition) is 0. The van der Waals surface area contributed by atoms with Crippen molar-refractivity contribution in [1.82, 2.24) is 0 Å². The number of carbonyl (C=O) groups excluding carboxylic acids is 1. The van der Waals surface area contributed by atoms with Gasteiger partial charge in [-0.3, -0.25) is 0 Å². The van der Waals surface area contributed by atoms with Crippen LogP contribution in [-0.4, -0.2) is 5.97 Å². The maximum atomic E-state index is 15.0. The van der Waals surface area contributed by atoms with Crippen LogP contribution in [0.15, 0.2) is 42.5 Å². The third-order valence-corrected chi connectivity index (χ3v) is 7.81. The van der Waals surface area contributed by atoms with E-state index in [0.717, 1.165) is 30.2 Å². The van der Waals surface area contributed by atoms with Gasteiger partial charge in [0.25, 0.3) is 0 Å². The van der Waals surface area contributed by atoms with Crippen molar-refractivity contribution in [3.63, 3.8) is 0 Å². The zero-order valence-electron chi connectivity index (χ0n) is 19.6. The van der Waals surface area contributed by atoms with Gasteiger partial charge in [-0.05, 0) is 97.7 Å². The Morgan fingerprint density at radius 2 is 1.79 bits per heavy atom. The molecule has 0 heterocycles. The van der Waals surface area contributed by atoms with E-state index in [-0.39, 0.29) is 17.3 Å². The monoisotopic (exact) mass is 447 g/mol. The number of ether oxygens (including phenoxy) is 1. The summed E-state index contributed by atoms with van der Waals surface area (Å²) in [5.74, 6) is 2.11. The number of rotatable bonds is 7. The Morgan fingerprint density at radius 1 is 1.03 bits per heavy atom. The van der Waals surface area contributed by atoms with E-state index in [0.29, 0.717) is 17.2 Å². The Balaban J connectivity index is 1.35. The molecule has 0 bridgehead atoms. The summed E-state index contributed by atoms with van der Waals surface area (Å²) in [7, 11) is 0. The molecule has 4 rings (SSSR count). The third-order valence-electron chi connectivity index (χ3n) is 7.81. The van der Waals surface area contributed by atoms with Crippen LogP contribution in [0.3, 0.4) is 0 Å². The molecule has 0 N–H and O–H groups in total. The van der Waals surface area contributed by atoms with Crippen LogP contribution in [0.4, 0.5) is 4.39 Å². The van der Waals surface area contributed by atoms with E-state index in [1.165, 1.54) is 57.4 Å². The summed E-state index contributed by atoms with van der Waals surface area (Å²) < 4.78 is 20.4. The fraction of sp³-hybridized carbons (Fsp3) is 0.517. The van der Waals surface area contributed by atoms with Crippen LogP contribution in [0.5, 0.6) is 5.75 Å². The second-order valence-corrected chi connectivity index (χ2v) is 9.97. The van der Waals surface area contributed by atoms with Crippen LogP contribution in [0.1, 0.15) is 98.5 Å². The van der Waals surface area contributed by atoms with E-state index in [2.05, 4.69) is 6.92 Å². The van der Waals surface area contributed by atoms with Crippen molar-refractivity contribution in [2.75, 3.05) is 0 Å². The fourth-order valence-corrected chi connectivity index (χ4v) is 5.96. The Labute approximate surface area is 197 Å². The smallest absolute Gasteiger partial charge is 0.343 e. The van der Waals surface area contributed by atoms with Crippen LogP contribution in [0.2, 0.25) is 0 Å². The summed E-state index contributed by atoms with van der Waals surface area (Å²) in [5.41, 5.74) is 1.44. The first-order valence-corrected chi connectivity index (χ1v) is 12.6. The number of nitriles is 1. The van der Waals surface area contributed by atoms with E-state index in [4.69, 9.17) is 10.00 Å². The minimum atomic E-state index is -0.588. The van der Waals surface area contributed by atoms with Crippen LogP contribution >= 0.6 is 0 Å². The first kappa shape index (κ1) is 23.5. The molecule has 2 aliphatic carbocycles. The Hall–Kier alpha value is -2.67. The molecule has 0 saturated heterocycles. The minimum absolute atomic E-state index is 0.210. The molecule has 0 aliphatic heterocycles. The predicted octanol–water partition coefficient (Wildman–Crippen LogP) is 7.80. The highest BCUT2D eigenvalue weighted by Crippen LogP contribution is 2.48. The van der Waals surface area contributed by atoms with Crippen LogP contribution in [0.25, 0.3) is 0 Å². The standard InChI is InChI=1S/C29H34FNO2/c1-2-3-4-5-20-6-9-23-17-24(11-10-22(23)16-20)27-15-12-25(18-28(27)30)29(32)33-26-13-7-21(19-31)8-14-26/h7-8,12-15,18,20,22-24H,2-6,9-11,16-17H2,1H3/t20-,22-,23+,24?/m0/s1. The van der Waals surface area contributed by atoms with E-state index in [1.807, 2.05) is 6.07 Å². The molecule has 0 aromatic heterocycles. The van der Waals surface area contributed by atoms with Crippen molar-refractivity contribution in [3.8, 4) is 11.8 Å². The second kappa shape index (κ2) is 11.0. The number of hydrogen-bond acceptors (Lipinski definition) is 3. The number of esters is 1. The van der Waals surface area contributed by atoms with Crippen LogP contribution < -0.4 is 4.74 Å². The number of nitrogens with zero attached hydrogens (tertiary/aromatic N) is 1. The van der Waals surface area contributed by atoms with Gasteiger partial charge in [0.05, 0.1) is 17.2 Å². The molecule has 3 nitrogen and oxygen atoms in total. The molecule has 2 aromatic carbocycles. The number of fused-ring (bicyclic) bond motifs is 1. The number of benzene rings is 2. The first-order chi connectivity index (χ1) is 16.1. The summed E-state index contributed by atoms with van der Waals surface area (Å²) in [5, 5.41) is 8.87. The molecule has 0 radical (unpaired) electrons. The summed E-state index contributed by atoms with van der Waals surface area (Å²) >= 11 is 0. The largest absolute Gasteiger partial charge is 0.423 e. The average molecular weight is 448 g/mol. The zero-order valence-corrected chi connectivity index (χ0v) is 19.6. The van der Waals surface area contributed by atoms with Gasteiger partial charge >= 0.3 is 5.97 Å². The molecule has 4 atom stereocenters. The van der Waals surface area contributed by atoms with E-state index in [1.54, 1.807) is 36.4 Å². The predicted molar refractivity (Wildman–Crippen MR) is 128 cm³/mol. The van der Waals surface area contributed by atoms with Crippen LogP contribution in [0, 0.1) is 34.9 Å². The van der Waals surface area contributed by atoms with Gasteiger partial charge in [-0.2, -0.15) is 5.26 Å². The topological polar surface area (TPSA) is 50.1 Å². The molecule has 1 unspecified atom stereocenters. The number of carbonyl (C=O) groups is 1. The maximum absolute atomic E-state index is 15.0. The van der Waals surface area contributed by atoms with Gasteiger partial charge < -0.3 is 4.74 Å². The third kappa shape index (κ3) is 5.82. The van der Waals surface area contributed by atoms with Crippen LogP contribution in [-0.2, 0) is 0 Å². The average Bonchev–Trinajstić information content (AvgIpc) is 2.84. The lowest BCUT2D eigenvalue weighted by molar-refractivity contribution is 0.0734. The van der Waals surface area contributed by atoms with Gasteiger partial charge in [-0.25, -0.2) is 9.18 Å². The molecule has 2 saturated carbocycles. The summed E-state index contributed by atoms with van der Waals surface area (Å²) in [4.78, 5) is 12.5. The molecule has 4 heteroatoms. The van der Waals surface area contributed by atoms with Gasteiger partial charge in [0.15, 0.2) is 0 Å². The maximum Gasteiger partial charge on any atom is 0.343 e. The zero-order chi connectivity index (χ0) is 23.2. The Bertz CT molecular complexity index is 994. The lowest BCUT2D eigenvalue weighted by Gasteiger charge is -2.42. The lowest BCUT2D eigenvalue weighted by Crippen LogP contribution is -2.30.